The molecule has 3 heterocycles. The van der Waals surface area contributed by atoms with Gasteiger partial charge in [0.2, 0.25) is 0 Å². The van der Waals surface area contributed by atoms with Crippen LogP contribution >= 0.6 is 11.3 Å². The highest BCUT2D eigenvalue weighted by Crippen LogP contribution is 2.27. The van der Waals surface area contributed by atoms with Crippen LogP contribution in [0.15, 0.2) is 40.5 Å². The molecule has 0 radical (unpaired) electrons. The monoisotopic (exact) mass is 314 g/mol. The molecule has 1 saturated heterocycles. The molecule has 0 unspecified atom stereocenters. The van der Waals surface area contributed by atoms with E-state index < -0.39 is 0 Å². The Morgan fingerprint density at radius 1 is 1.45 bits per heavy atom. The van der Waals surface area contributed by atoms with Gasteiger partial charge >= 0.3 is 0 Å². The van der Waals surface area contributed by atoms with E-state index in [0.29, 0.717) is 23.8 Å². The molecular formula is C16H14N2O3S. The van der Waals surface area contributed by atoms with Crippen LogP contribution in [0.5, 0.6) is 5.19 Å². The summed E-state index contributed by atoms with van der Waals surface area (Å²) in [5.74, 6) is -0.0108. The molecule has 1 aliphatic rings. The molecular weight excluding hydrogens is 300 g/mol. The number of aryl methyl sites for hydroxylation is 1. The van der Waals surface area contributed by atoms with E-state index in [1.54, 1.807) is 17.4 Å². The van der Waals surface area contributed by atoms with Gasteiger partial charge in [0, 0.05) is 17.0 Å². The van der Waals surface area contributed by atoms with E-state index >= 15 is 0 Å². The van der Waals surface area contributed by atoms with Crippen molar-refractivity contribution in [3.05, 3.63) is 47.2 Å². The van der Waals surface area contributed by atoms with Crippen molar-refractivity contribution in [1.82, 2.24) is 9.88 Å². The number of thiazole rings is 1. The fourth-order valence-electron chi connectivity index (χ4n) is 2.63. The highest BCUT2D eigenvalue weighted by molar-refractivity contribution is 7.11. The standard InChI is InChI=1S/C16H14N2O3S/c1-10-3-2-4-12-13(9-20-14(10)12)15(19)18-7-11(8-18)21-16-17-5-6-22-16/h2-6,9,11H,7-8H2,1H3. The summed E-state index contributed by atoms with van der Waals surface area (Å²) < 4.78 is 11.2. The Kier molecular flexibility index (Phi) is 3.11. The summed E-state index contributed by atoms with van der Waals surface area (Å²) in [6.45, 7) is 3.13. The van der Waals surface area contributed by atoms with Crippen molar-refractivity contribution in [3.63, 3.8) is 0 Å². The van der Waals surface area contributed by atoms with E-state index in [4.69, 9.17) is 9.15 Å². The van der Waals surface area contributed by atoms with Crippen LogP contribution in [0.4, 0.5) is 0 Å². The largest absolute Gasteiger partial charge is 0.463 e. The van der Waals surface area contributed by atoms with Gasteiger partial charge < -0.3 is 14.1 Å². The molecule has 1 aliphatic heterocycles. The van der Waals surface area contributed by atoms with Gasteiger partial charge in [-0.15, -0.1) is 0 Å². The summed E-state index contributed by atoms with van der Waals surface area (Å²) in [6, 6.07) is 5.83. The smallest absolute Gasteiger partial charge is 0.273 e. The molecule has 0 N–H and O–H groups in total. The van der Waals surface area contributed by atoms with Crippen LogP contribution < -0.4 is 4.74 Å². The van der Waals surface area contributed by atoms with Gasteiger partial charge in [0.05, 0.1) is 18.7 Å². The van der Waals surface area contributed by atoms with Crippen molar-refractivity contribution >= 4 is 28.2 Å². The number of likely N-dealkylation sites (tertiary alicyclic amines) is 1. The van der Waals surface area contributed by atoms with Gasteiger partial charge in [-0.25, -0.2) is 4.98 Å². The van der Waals surface area contributed by atoms with Crippen molar-refractivity contribution in [2.45, 2.75) is 13.0 Å². The average Bonchev–Trinajstić information content (AvgIpc) is 3.11. The lowest BCUT2D eigenvalue weighted by Gasteiger charge is -2.38. The van der Waals surface area contributed by atoms with Crippen molar-refractivity contribution < 1.29 is 13.9 Å². The minimum atomic E-state index is -0.0108. The first-order valence-corrected chi connectivity index (χ1v) is 7.92. The van der Waals surface area contributed by atoms with Crippen LogP contribution in [-0.4, -0.2) is 35.0 Å². The minimum Gasteiger partial charge on any atom is -0.463 e. The summed E-state index contributed by atoms with van der Waals surface area (Å²) in [6.07, 6.45) is 3.28. The maximum absolute atomic E-state index is 12.6. The van der Waals surface area contributed by atoms with Crippen LogP contribution in [0.3, 0.4) is 0 Å². The molecule has 0 spiro atoms. The molecule has 1 aromatic carbocycles. The number of rotatable bonds is 3. The Morgan fingerprint density at radius 2 is 2.32 bits per heavy atom. The molecule has 1 fully saturated rings. The molecule has 1 amide bonds. The number of carbonyl (C=O) groups excluding carboxylic acids is 1. The average molecular weight is 314 g/mol. The highest BCUT2D eigenvalue weighted by atomic mass is 32.1. The zero-order valence-corrected chi connectivity index (χ0v) is 12.8. The third-order valence-electron chi connectivity index (χ3n) is 3.84. The lowest BCUT2D eigenvalue weighted by atomic mass is 10.1. The molecule has 2 aromatic heterocycles. The van der Waals surface area contributed by atoms with Gasteiger partial charge in [-0.3, -0.25) is 4.79 Å². The number of ether oxygens (including phenoxy) is 1. The van der Waals surface area contributed by atoms with E-state index in [9.17, 15) is 4.79 Å². The van der Waals surface area contributed by atoms with Crippen molar-refractivity contribution in [2.75, 3.05) is 13.1 Å². The lowest BCUT2D eigenvalue weighted by Crippen LogP contribution is -2.56. The van der Waals surface area contributed by atoms with Crippen LogP contribution in [0.2, 0.25) is 0 Å². The van der Waals surface area contributed by atoms with Crippen LogP contribution in [0.1, 0.15) is 15.9 Å². The van der Waals surface area contributed by atoms with Crippen LogP contribution in [-0.2, 0) is 0 Å². The van der Waals surface area contributed by atoms with Crippen molar-refractivity contribution in [1.29, 1.82) is 0 Å². The molecule has 0 saturated carbocycles. The molecule has 112 valence electrons. The first-order valence-electron chi connectivity index (χ1n) is 7.04. The van der Waals surface area contributed by atoms with E-state index in [1.807, 2.05) is 30.5 Å². The molecule has 6 heteroatoms. The van der Waals surface area contributed by atoms with Gasteiger partial charge in [-0.05, 0) is 12.5 Å². The summed E-state index contributed by atoms with van der Waals surface area (Å²) in [4.78, 5) is 18.4. The molecule has 22 heavy (non-hydrogen) atoms. The summed E-state index contributed by atoms with van der Waals surface area (Å²) in [5.41, 5.74) is 2.43. The number of nitrogens with zero attached hydrogens (tertiary/aromatic N) is 2. The Labute approximate surface area is 131 Å². The topological polar surface area (TPSA) is 55.6 Å². The van der Waals surface area contributed by atoms with E-state index in [0.717, 1.165) is 16.5 Å². The maximum atomic E-state index is 12.6. The number of hydrogen-bond acceptors (Lipinski definition) is 5. The molecule has 5 nitrogen and oxygen atoms in total. The van der Waals surface area contributed by atoms with Gasteiger partial charge in [0.25, 0.3) is 11.1 Å². The lowest BCUT2D eigenvalue weighted by molar-refractivity contribution is 0.0178. The van der Waals surface area contributed by atoms with Crippen molar-refractivity contribution in [2.24, 2.45) is 0 Å². The molecule has 4 rings (SSSR count). The number of fused-ring (bicyclic) bond motifs is 1. The van der Waals surface area contributed by atoms with Gasteiger partial charge in [0.15, 0.2) is 0 Å². The Balaban J connectivity index is 1.48. The van der Waals surface area contributed by atoms with Gasteiger partial charge in [0.1, 0.15) is 18.0 Å². The molecule has 0 aliphatic carbocycles. The third kappa shape index (κ3) is 2.16. The Morgan fingerprint density at radius 3 is 3.09 bits per heavy atom. The number of carbonyl (C=O) groups is 1. The third-order valence-corrected chi connectivity index (χ3v) is 4.50. The second-order valence-electron chi connectivity index (χ2n) is 5.35. The van der Waals surface area contributed by atoms with Gasteiger partial charge in [-0.1, -0.05) is 29.5 Å². The number of amides is 1. The quantitative estimate of drug-likeness (QED) is 0.745. The SMILES string of the molecule is Cc1cccc2c(C(=O)N3CC(Oc4nccs4)C3)coc12. The zero-order valence-electron chi connectivity index (χ0n) is 12.0. The maximum Gasteiger partial charge on any atom is 0.273 e. The second kappa shape index (κ2) is 5.14. The predicted molar refractivity (Wildman–Crippen MR) is 83.4 cm³/mol. The number of furan rings is 1. The number of para-hydroxylation sites is 1. The Bertz CT molecular complexity index is 819. The number of aromatic nitrogens is 1. The summed E-state index contributed by atoms with van der Waals surface area (Å²) in [7, 11) is 0. The zero-order chi connectivity index (χ0) is 15.1. The number of benzene rings is 1. The van der Waals surface area contributed by atoms with E-state index in [-0.39, 0.29) is 12.0 Å². The minimum absolute atomic E-state index is 0.0108. The fourth-order valence-corrected chi connectivity index (χ4v) is 3.18. The Hall–Kier alpha value is -2.34. The number of hydrogen-bond donors (Lipinski definition) is 0. The first-order chi connectivity index (χ1) is 10.7. The second-order valence-corrected chi connectivity index (χ2v) is 6.21. The first kappa shape index (κ1) is 13.3. The van der Waals surface area contributed by atoms with Crippen LogP contribution in [0, 0.1) is 6.92 Å². The highest BCUT2D eigenvalue weighted by Gasteiger charge is 2.34. The summed E-state index contributed by atoms with van der Waals surface area (Å²) in [5, 5.41) is 3.40. The van der Waals surface area contributed by atoms with Crippen molar-refractivity contribution in [3.8, 4) is 5.19 Å². The molecule has 0 bridgehead atoms. The van der Waals surface area contributed by atoms with E-state index in [2.05, 4.69) is 4.98 Å². The fraction of sp³-hybridized carbons (Fsp3) is 0.250. The molecule has 3 aromatic rings. The molecule has 0 atom stereocenters. The van der Waals surface area contributed by atoms with Gasteiger partial charge in [-0.2, -0.15) is 0 Å². The van der Waals surface area contributed by atoms with E-state index in [1.165, 1.54) is 11.3 Å². The predicted octanol–water partition coefficient (Wildman–Crippen LogP) is 3.10. The normalized spacial score (nSPS) is 15.0. The van der Waals surface area contributed by atoms with Crippen LogP contribution in [0.25, 0.3) is 11.0 Å². The summed E-state index contributed by atoms with van der Waals surface area (Å²) >= 11 is 1.46.